The van der Waals surface area contributed by atoms with Gasteiger partial charge in [-0.1, -0.05) is 6.92 Å². The first-order valence-corrected chi connectivity index (χ1v) is 5.97. The van der Waals surface area contributed by atoms with Crippen LogP contribution in [0.15, 0.2) is 18.3 Å². The molecule has 1 unspecified atom stereocenters. The van der Waals surface area contributed by atoms with E-state index in [2.05, 4.69) is 5.32 Å². The number of halogens is 3. The van der Waals surface area contributed by atoms with E-state index in [9.17, 15) is 22.8 Å². The van der Waals surface area contributed by atoms with Gasteiger partial charge in [0.15, 0.2) is 0 Å². The van der Waals surface area contributed by atoms with Gasteiger partial charge in [-0.15, -0.1) is 0 Å². The van der Waals surface area contributed by atoms with Gasteiger partial charge >= 0.3 is 12.1 Å². The summed E-state index contributed by atoms with van der Waals surface area (Å²) in [7, 11) is 0. The number of rotatable bonds is 6. The Labute approximate surface area is 113 Å². The van der Waals surface area contributed by atoms with Crippen LogP contribution in [0.5, 0.6) is 0 Å². The maximum absolute atomic E-state index is 12.3. The van der Waals surface area contributed by atoms with Crippen LogP contribution in [0.25, 0.3) is 0 Å². The van der Waals surface area contributed by atoms with Gasteiger partial charge in [-0.3, -0.25) is 9.59 Å². The number of aromatic nitrogens is 1. The normalized spacial score (nSPS) is 13.0. The number of carbonyl (C=O) groups excluding carboxylic acids is 1. The van der Waals surface area contributed by atoms with Crippen molar-refractivity contribution in [2.45, 2.75) is 26.1 Å². The molecule has 5 nitrogen and oxygen atoms in total. The third-order valence-corrected chi connectivity index (χ3v) is 2.76. The van der Waals surface area contributed by atoms with Crippen LogP contribution in [0, 0.1) is 5.92 Å². The van der Waals surface area contributed by atoms with Crippen molar-refractivity contribution in [1.82, 2.24) is 9.88 Å². The zero-order chi connectivity index (χ0) is 15.3. The molecule has 0 bridgehead atoms. The van der Waals surface area contributed by atoms with Gasteiger partial charge in [0.2, 0.25) is 0 Å². The second-order valence-corrected chi connectivity index (χ2v) is 4.29. The molecule has 0 aliphatic heterocycles. The van der Waals surface area contributed by atoms with Crippen molar-refractivity contribution in [3.05, 3.63) is 24.0 Å². The first-order valence-electron chi connectivity index (χ1n) is 5.97. The Kier molecular flexibility index (Phi) is 5.18. The fourth-order valence-electron chi connectivity index (χ4n) is 1.66. The number of carbonyl (C=O) groups is 2. The predicted octanol–water partition coefficient (Wildman–Crippen LogP) is 1.89. The third-order valence-electron chi connectivity index (χ3n) is 2.76. The number of aliphatic carboxylic acids is 1. The summed E-state index contributed by atoms with van der Waals surface area (Å²) in [5.41, 5.74) is -0.150. The fraction of sp³-hybridized carbons (Fsp3) is 0.500. The number of hydrogen-bond acceptors (Lipinski definition) is 2. The standard InChI is InChI=1S/C12H15F3N2O3/c1-2-8(11(19)20)6-16-10(18)9-4-3-5-17(9)7-12(13,14)15/h3-5,8H,2,6-7H2,1H3,(H,16,18)(H,19,20). The Balaban J connectivity index is 2.69. The van der Waals surface area contributed by atoms with Crippen LogP contribution in [0.2, 0.25) is 0 Å². The van der Waals surface area contributed by atoms with E-state index in [-0.39, 0.29) is 12.2 Å². The lowest BCUT2D eigenvalue weighted by molar-refractivity contribution is -0.142. The minimum atomic E-state index is -4.43. The Morgan fingerprint density at radius 2 is 2.10 bits per heavy atom. The number of amides is 1. The summed E-state index contributed by atoms with van der Waals surface area (Å²) in [5.74, 6) is -2.54. The van der Waals surface area contributed by atoms with Crippen molar-refractivity contribution in [3.8, 4) is 0 Å². The quantitative estimate of drug-likeness (QED) is 0.841. The molecule has 0 fully saturated rings. The minimum absolute atomic E-state index is 0.123. The molecule has 0 aromatic carbocycles. The largest absolute Gasteiger partial charge is 0.481 e. The molecule has 0 aliphatic carbocycles. The predicted molar refractivity (Wildman–Crippen MR) is 64.2 cm³/mol. The zero-order valence-electron chi connectivity index (χ0n) is 10.8. The highest BCUT2D eigenvalue weighted by atomic mass is 19.4. The molecule has 0 aliphatic rings. The maximum Gasteiger partial charge on any atom is 0.406 e. The number of nitrogens with one attached hydrogen (secondary N) is 1. The highest BCUT2D eigenvalue weighted by molar-refractivity contribution is 5.93. The molecule has 1 rings (SSSR count). The average molecular weight is 292 g/mol. The first-order chi connectivity index (χ1) is 9.24. The van der Waals surface area contributed by atoms with Crippen LogP contribution in [0.1, 0.15) is 23.8 Å². The molecule has 1 heterocycles. The smallest absolute Gasteiger partial charge is 0.406 e. The molecule has 0 saturated heterocycles. The van der Waals surface area contributed by atoms with Gasteiger partial charge in [0, 0.05) is 12.7 Å². The van der Waals surface area contributed by atoms with Crippen LogP contribution in [-0.4, -0.2) is 34.3 Å². The Hall–Kier alpha value is -1.99. The van der Waals surface area contributed by atoms with E-state index in [1.165, 1.54) is 12.1 Å². The lowest BCUT2D eigenvalue weighted by Gasteiger charge is -2.14. The summed E-state index contributed by atoms with van der Waals surface area (Å²) in [4.78, 5) is 22.5. The second kappa shape index (κ2) is 6.44. The van der Waals surface area contributed by atoms with Crippen molar-refractivity contribution in [2.24, 2.45) is 5.92 Å². The minimum Gasteiger partial charge on any atom is -0.481 e. The van der Waals surface area contributed by atoms with Gasteiger partial charge in [-0.2, -0.15) is 13.2 Å². The molecule has 0 radical (unpaired) electrons. The van der Waals surface area contributed by atoms with Gasteiger partial charge in [0.1, 0.15) is 12.2 Å². The molecular weight excluding hydrogens is 277 g/mol. The summed E-state index contributed by atoms with van der Waals surface area (Å²) in [6, 6.07) is 2.58. The number of carboxylic acids is 1. The fourth-order valence-corrected chi connectivity index (χ4v) is 1.66. The molecule has 1 aromatic rings. The highest BCUT2D eigenvalue weighted by Gasteiger charge is 2.29. The highest BCUT2D eigenvalue weighted by Crippen LogP contribution is 2.19. The van der Waals surface area contributed by atoms with Crippen molar-refractivity contribution < 1.29 is 27.9 Å². The van der Waals surface area contributed by atoms with E-state index in [0.717, 1.165) is 10.8 Å². The zero-order valence-corrected chi connectivity index (χ0v) is 10.8. The van der Waals surface area contributed by atoms with Crippen molar-refractivity contribution >= 4 is 11.9 Å². The second-order valence-electron chi connectivity index (χ2n) is 4.29. The molecule has 0 spiro atoms. The third kappa shape index (κ3) is 4.60. The van der Waals surface area contributed by atoms with Crippen LogP contribution in [-0.2, 0) is 11.3 Å². The summed E-state index contributed by atoms with van der Waals surface area (Å²) < 4.78 is 37.7. The molecule has 20 heavy (non-hydrogen) atoms. The average Bonchev–Trinajstić information content (AvgIpc) is 2.74. The Morgan fingerprint density at radius 3 is 2.60 bits per heavy atom. The summed E-state index contributed by atoms with van der Waals surface area (Å²) in [6.45, 7) is 0.262. The van der Waals surface area contributed by atoms with E-state index in [4.69, 9.17) is 5.11 Å². The molecule has 1 aromatic heterocycles. The first kappa shape index (κ1) is 16.1. The van der Waals surface area contributed by atoms with E-state index >= 15 is 0 Å². The summed E-state index contributed by atoms with van der Waals surface area (Å²) in [6.07, 6.45) is -2.96. The van der Waals surface area contributed by atoms with Crippen LogP contribution in [0.3, 0.4) is 0 Å². The molecule has 1 atom stereocenters. The summed E-state index contributed by atoms with van der Waals surface area (Å²) >= 11 is 0. The Morgan fingerprint density at radius 1 is 1.45 bits per heavy atom. The lowest BCUT2D eigenvalue weighted by atomic mass is 10.1. The van der Waals surface area contributed by atoms with Crippen molar-refractivity contribution in [3.63, 3.8) is 0 Å². The lowest BCUT2D eigenvalue weighted by Crippen LogP contribution is -2.34. The van der Waals surface area contributed by atoms with E-state index in [1.54, 1.807) is 6.92 Å². The van der Waals surface area contributed by atoms with Gasteiger partial charge in [-0.05, 0) is 18.6 Å². The monoisotopic (exact) mass is 292 g/mol. The van der Waals surface area contributed by atoms with Gasteiger partial charge in [-0.25, -0.2) is 0 Å². The van der Waals surface area contributed by atoms with E-state index in [0.29, 0.717) is 6.42 Å². The van der Waals surface area contributed by atoms with Crippen molar-refractivity contribution in [2.75, 3.05) is 6.54 Å². The molecule has 2 N–H and O–H groups in total. The molecule has 8 heteroatoms. The van der Waals surface area contributed by atoms with E-state index in [1.807, 2.05) is 0 Å². The Bertz CT molecular complexity index is 483. The van der Waals surface area contributed by atoms with Gasteiger partial charge in [0.25, 0.3) is 5.91 Å². The topological polar surface area (TPSA) is 71.3 Å². The van der Waals surface area contributed by atoms with Crippen LogP contribution in [0.4, 0.5) is 13.2 Å². The number of alkyl halides is 3. The number of nitrogens with zero attached hydrogens (tertiary/aromatic N) is 1. The SMILES string of the molecule is CCC(CNC(=O)c1cccn1CC(F)(F)F)C(=O)O. The van der Waals surface area contributed by atoms with Crippen molar-refractivity contribution in [1.29, 1.82) is 0 Å². The number of hydrogen-bond donors (Lipinski definition) is 2. The van der Waals surface area contributed by atoms with Gasteiger partial charge < -0.3 is 15.0 Å². The molecule has 1 amide bonds. The summed E-state index contributed by atoms with van der Waals surface area (Å²) in [5, 5.41) is 11.2. The van der Waals surface area contributed by atoms with E-state index < -0.39 is 30.5 Å². The molecule has 0 saturated carbocycles. The molecule has 112 valence electrons. The van der Waals surface area contributed by atoms with Gasteiger partial charge in [0.05, 0.1) is 5.92 Å². The molecular formula is C12H15F3N2O3. The number of carboxylic acid groups (broad SMARTS) is 1. The van der Waals surface area contributed by atoms with Crippen LogP contribution >= 0.6 is 0 Å². The maximum atomic E-state index is 12.3. The van der Waals surface area contributed by atoms with Crippen LogP contribution < -0.4 is 5.32 Å².